The van der Waals surface area contributed by atoms with Crippen LogP contribution in [-0.2, 0) is 18.6 Å². The first-order valence-corrected chi connectivity index (χ1v) is 25.2. The van der Waals surface area contributed by atoms with Crippen LogP contribution in [0.3, 0.4) is 0 Å². The Morgan fingerprint density at radius 2 is 0.538 bits per heavy atom. The molecule has 0 aliphatic heterocycles. The van der Waals surface area contributed by atoms with Crippen LogP contribution >= 0.6 is 12.6 Å². The summed E-state index contributed by atoms with van der Waals surface area (Å²) < 4.78 is 0. The smallest absolute Gasteiger partial charge is 0.0157 e. The Morgan fingerprint density at radius 3 is 0.808 bits per heavy atom. The number of hydrogen-bond donors (Lipinski definition) is 1. The first-order chi connectivity index (χ1) is 25.8. The van der Waals surface area contributed by atoms with Crippen LogP contribution < -0.4 is 0 Å². The summed E-state index contributed by atoms with van der Waals surface area (Å²) in [5.74, 6) is 0.883. The van der Waals surface area contributed by atoms with Gasteiger partial charge in [-0.2, -0.15) is 12.6 Å². The fourth-order valence-electron chi connectivity index (χ4n) is 8.38. The van der Waals surface area contributed by atoms with Crippen LogP contribution in [0.2, 0.25) is 0 Å². The highest BCUT2D eigenvalue weighted by atomic mass is 32.1. The van der Waals surface area contributed by atoms with Gasteiger partial charge in [0.2, 0.25) is 0 Å². The fraction of sp³-hybridized carbons (Fsp3) is 0.882. The van der Waals surface area contributed by atoms with Crippen molar-refractivity contribution in [1.29, 1.82) is 0 Å². The average molecular weight is 741 g/mol. The van der Waals surface area contributed by atoms with E-state index >= 15 is 0 Å². The molecular formula is C51H96S. The molecule has 0 atom stereocenters. The molecular weight excluding hydrogens is 645 g/mol. The van der Waals surface area contributed by atoms with Gasteiger partial charge in [-0.05, 0) is 42.4 Å². The summed E-state index contributed by atoms with van der Waals surface area (Å²) in [5, 5.41) is 0. The highest BCUT2D eigenvalue weighted by Crippen LogP contribution is 2.21. The van der Waals surface area contributed by atoms with Crippen LogP contribution in [0.1, 0.15) is 287 Å². The molecule has 1 rings (SSSR count). The van der Waals surface area contributed by atoms with Gasteiger partial charge in [0, 0.05) is 5.75 Å². The van der Waals surface area contributed by atoms with E-state index in [1.54, 1.807) is 11.1 Å². The van der Waals surface area contributed by atoms with Crippen molar-refractivity contribution in [2.45, 2.75) is 289 Å². The zero-order valence-corrected chi connectivity index (χ0v) is 37.0. The lowest BCUT2D eigenvalue weighted by Crippen LogP contribution is -1.96. The first-order valence-electron chi connectivity index (χ1n) is 24.5. The summed E-state index contributed by atoms with van der Waals surface area (Å²) in [5.41, 5.74) is 4.62. The predicted octanol–water partition coefficient (Wildman–Crippen LogP) is 18.8. The molecule has 0 aliphatic carbocycles. The van der Waals surface area contributed by atoms with Crippen molar-refractivity contribution in [1.82, 2.24) is 0 Å². The number of rotatable bonds is 43. The molecule has 1 heteroatoms. The van der Waals surface area contributed by atoms with Crippen molar-refractivity contribution in [2.75, 3.05) is 0 Å². The normalized spacial score (nSPS) is 11.6. The summed E-state index contributed by atoms with van der Waals surface area (Å²) >= 11 is 4.66. The number of thiol groups is 1. The van der Waals surface area contributed by atoms with E-state index in [-0.39, 0.29) is 0 Å². The Labute approximate surface area is 335 Å². The van der Waals surface area contributed by atoms with Gasteiger partial charge in [-0.3, -0.25) is 0 Å². The van der Waals surface area contributed by atoms with E-state index in [2.05, 4.69) is 44.7 Å². The van der Waals surface area contributed by atoms with E-state index in [0.29, 0.717) is 0 Å². The van der Waals surface area contributed by atoms with Crippen LogP contribution in [0.15, 0.2) is 18.2 Å². The van der Waals surface area contributed by atoms with Gasteiger partial charge in [-0.1, -0.05) is 276 Å². The second-order valence-corrected chi connectivity index (χ2v) is 17.5. The van der Waals surface area contributed by atoms with E-state index in [9.17, 15) is 0 Å². The molecule has 0 heterocycles. The molecule has 1 aromatic rings. The predicted molar refractivity (Wildman–Crippen MR) is 243 cm³/mol. The maximum Gasteiger partial charge on any atom is 0.0157 e. The van der Waals surface area contributed by atoms with E-state index in [4.69, 9.17) is 0 Å². The Bertz CT molecular complexity index is 813. The molecule has 0 bridgehead atoms. The molecule has 0 saturated heterocycles. The molecule has 0 radical (unpaired) electrons. The van der Waals surface area contributed by atoms with Gasteiger partial charge in [0.1, 0.15) is 0 Å². The number of benzene rings is 1. The zero-order chi connectivity index (χ0) is 37.3. The minimum atomic E-state index is 0.883. The van der Waals surface area contributed by atoms with Gasteiger partial charge >= 0.3 is 0 Å². The highest BCUT2D eigenvalue weighted by molar-refractivity contribution is 7.79. The molecule has 0 amide bonds. The van der Waals surface area contributed by atoms with E-state index in [1.165, 1.54) is 275 Å². The van der Waals surface area contributed by atoms with Gasteiger partial charge in [0.25, 0.3) is 0 Å². The summed E-state index contributed by atoms with van der Waals surface area (Å²) in [7, 11) is 0. The second kappa shape index (κ2) is 41.7. The average Bonchev–Trinajstić information content (AvgIpc) is 3.16. The maximum atomic E-state index is 4.66. The van der Waals surface area contributed by atoms with Gasteiger partial charge < -0.3 is 0 Å². The van der Waals surface area contributed by atoms with Gasteiger partial charge in [-0.25, -0.2) is 0 Å². The molecule has 0 fully saturated rings. The molecule has 52 heavy (non-hydrogen) atoms. The third-order valence-electron chi connectivity index (χ3n) is 12.1. The minimum absolute atomic E-state index is 0.883. The SMILES string of the molecule is CCCCCCCCCCCCCCCCCCCCCCc1ccc(CS)c(CCCCCCCCCCCCCCCCCCCCCC)c1. The lowest BCUT2D eigenvalue weighted by atomic mass is 9.96. The lowest BCUT2D eigenvalue weighted by molar-refractivity contribution is 0.521. The zero-order valence-electron chi connectivity index (χ0n) is 36.1. The molecule has 0 N–H and O–H groups in total. The molecule has 0 unspecified atom stereocenters. The Balaban J connectivity index is 1.90. The Morgan fingerprint density at radius 1 is 0.288 bits per heavy atom. The Kier molecular flexibility index (Phi) is 39.8. The number of aryl methyl sites for hydroxylation is 2. The third-order valence-corrected chi connectivity index (χ3v) is 12.4. The quantitative estimate of drug-likeness (QED) is 0.0500. The molecule has 0 nitrogen and oxygen atoms in total. The van der Waals surface area contributed by atoms with Gasteiger partial charge in [0.05, 0.1) is 0 Å². The molecule has 0 aromatic heterocycles. The third kappa shape index (κ3) is 34.1. The van der Waals surface area contributed by atoms with Gasteiger partial charge in [0.15, 0.2) is 0 Å². The number of unbranched alkanes of at least 4 members (excludes halogenated alkanes) is 38. The summed E-state index contributed by atoms with van der Waals surface area (Å²) in [6, 6.07) is 7.31. The van der Waals surface area contributed by atoms with Gasteiger partial charge in [-0.15, -0.1) is 0 Å². The second-order valence-electron chi connectivity index (χ2n) is 17.2. The topological polar surface area (TPSA) is 0 Å². The summed E-state index contributed by atoms with van der Waals surface area (Å²) in [6.45, 7) is 4.62. The molecule has 306 valence electrons. The minimum Gasteiger partial charge on any atom is -0.175 e. The van der Waals surface area contributed by atoms with E-state index < -0.39 is 0 Å². The molecule has 1 aromatic carbocycles. The van der Waals surface area contributed by atoms with Crippen molar-refractivity contribution < 1.29 is 0 Å². The van der Waals surface area contributed by atoms with Crippen molar-refractivity contribution in [3.63, 3.8) is 0 Å². The molecule has 0 spiro atoms. The van der Waals surface area contributed by atoms with Crippen molar-refractivity contribution in [2.24, 2.45) is 0 Å². The largest absolute Gasteiger partial charge is 0.175 e. The van der Waals surface area contributed by atoms with E-state index in [0.717, 1.165) is 5.75 Å². The van der Waals surface area contributed by atoms with Crippen LogP contribution in [0.5, 0.6) is 0 Å². The van der Waals surface area contributed by atoms with Crippen LogP contribution in [0.4, 0.5) is 0 Å². The summed E-state index contributed by atoms with van der Waals surface area (Å²) in [4.78, 5) is 0. The van der Waals surface area contributed by atoms with Crippen molar-refractivity contribution in [3.05, 3.63) is 34.9 Å². The first kappa shape index (κ1) is 49.6. The molecule has 0 aliphatic rings. The van der Waals surface area contributed by atoms with Crippen molar-refractivity contribution >= 4 is 12.6 Å². The van der Waals surface area contributed by atoms with Crippen LogP contribution in [0, 0.1) is 0 Å². The molecule has 0 saturated carbocycles. The van der Waals surface area contributed by atoms with Crippen molar-refractivity contribution in [3.8, 4) is 0 Å². The number of hydrogen-bond acceptors (Lipinski definition) is 1. The Hall–Kier alpha value is -0.430. The van der Waals surface area contributed by atoms with Crippen LogP contribution in [0.25, 0.3) is 0 Å². The van der Waals surface area contributed by atoms with E-state index in [1.807, 2.05) is 0 Å². The standard InChI is InChI=1S/C51H96S/c1-3-5-7-9-11-13-15-17-19-21-23-25-27-29-31-33-35-37-39-41-43-49-45-46-51(48-52)50(47-49)44-42-40-38-36-34-32-30-28-26-24-22-20-18-16-14-12-10-8-6-4-2/h45-47,52H,3-44,48H2,1-2H3. The highest BCUT2D eigenvalue weighted by Gasteiger charge is 2.05. The summed E-state index contributed by atoms with van der Waals surface area (Å²) in [6.07, 6.45) is 60.6. The lowest BCUT2D eigenvalue weighted by Gasteiger charge is -2.11. The fourth-order valence-corrected chi connectivity index (χ4v) is 8.69. The maximum absolute atomic E-state index is 4.66. The monoisotopic (exact) mass is 741 g/mol. The van der Waals surface area contributed by atoms with Crippen LogP contribution in [-0.4, -0.2) is 0 Å².